The van der Waals surface area contributed by atoms with Gasteiger partial charge in [0.15, 0.2) is 0 Å². The molecule has 0 aliphatic carbocycles. The molecule has 0 unspecified atom stereocenters. The van der Waals surface area contributed by atoms with Gasteiger partial charge in [0, 0.05) is 5.69 Å². The minimum atomic E-state index is -4.24. The Morgan fingerprint density at radius 3 is 2.84 bits per heavy atom. The first-order valence-electron chi connectivity index (χ1n) is 6.14. The van der Waals surface area contributed by atoms with Crippen molar-refractivity contribution in [3.05, 3.63) is 29.8 Å². The smallest absolute Gasteiger partial charge is 0.325 e. The van der Waals surface area contributed by atoms with Crippen molar-refractivity contribution in [2.75, 3.05) is 11.9 Å². The van der Waals surface area contributed by atoms with Crippen molar-refractivity contribution >= 4 is 11.6 Å². The van der Waals surface area contributed by atoms with E-state index in [4.69, 9.17) is 0 Å². The van der Waals surface area contributed by atoms with Crippen LogP contribution in [0.15, 0.2) is 24.3 Å². The number of alkyl halides is 3. The van der Waals surface area contributed by atoms with Gasteiger partial charge in [0.05, 0.1) is 12.5 Å². The largest absolute Gasteiger partial charge is 0.393 e. The molecule has 104 valence electrons. The van der Waals surface area contributed by atoms with Crippen LogP contribution in [0.2, 0.25) is 0 Å². The van der Waals surface area contributed by atoms with E-state index in [1.807, 2.05) is 0 Å². The molecule has 0 saturated carbocycles. The van der Waals surface area contributed by atoms with E-state index < -0.39 is 12.6 Å². The molecule has 1 heterocycles. The first-order valence-corrected chi connectivity index (χ1v) is 6.14. The normalized spacial score (nSPS) is 19.4. The SMILES string of the molecule is O=C(Nc1cccc(CC(F)(F)F)c1)[C@@H]1CCCN1. The molecule has 0 aromatic heterocycles. The van der Waals surface area contributed by atoms with Crippen LogP contribution in [0.3, 0.4) is 0 Å². The van der Waals surface area contributed by atoms with E-state index in [0.29, 0.717) is 5.69 Å². The number of carbonyl (C=O) groups excluding carboxylic acids is 1. The first-order chi connectivity index (χ1) is 8.94. The Morgan fingerprint density at radius 1 is 1.42 bits per heavy atom. The Labute approximate surface area is 109 Å². The van der Waals surface area contributed by atoms with Crippen molar-refractivity contribution < 1.29 is 18.0 Å². The van der Waals surface area contributed by atoms with Gasteiger partial charge in [-0.1, -0.05) is 12.1 Å². The summed E-state index contributed by atoms with van der Waals surface area (Å²) in [7, 11) is 0. The number of anilines is 1. The van der Waals surface area contributed by atoms with E-state index in [2.05, 4.69) is 10.6 Å². The molecule has 2 N–H and O–H groups in total. The second kappa shape index (κ2) is 5.61. The van der Waals surface area contributed by atoms with Crippen molar-refractivity contribution in [1.82, 2.24) is 5.32 Å². The van der Waals surface area contributed by atoms with Gasteiger partial charge >= 0.3 is 6.18 Å². The van der Waals surface area contributed by atoms with Gasteiger partial charge in [-0.05, 0) is 37.1 Å². The number of rotatable bonds is 3. The van der Waals surface area contributed by atoms with Crippen LogP contribution in [0, 0.1) is 0 Å². The molecule has 19 heavy (non-hydrogen) atoms. The van der Waals surface area contributed by atoms with E-state index in [0.717, 1.165) is 19.4 Å². The predicted molar refractivity (Wildman–Crippen MR) is 65.9 cm³/mol. The second-order valence-electron chi connectivity index (χ2n) is 4.63. The van der Waals surface area contributed by atoms with Crippen LogP contribution >= 0.6 is 0 Å². The highest BCUT2D eigenvalue weighted by molar-refractivity contribution is 5.95. The molecule has 6 heteroatoms. The maximum Gasteiger partial charge on any atom is 0.393 e. The van der Waals surface area contributed by atoms with Crippen LogP contribution in [0.5, 0.6) is 0 Å². The van der Waals surface area contributed by atoms with E-state index >= 15 is 0 Å². The minimum absolute atomic E-state index is 0.143. The molecular weight excluding hydrogens is 257 g/mol. The van der Waals surface area contributed by atoms with E-state index in [-0.39, 0.29) is 17.5 Å². The summed E-state index contributed by atoms with van der Waals surface area (Å²) in [4.78, 5) is 11.8. The van der Waals surface area contributed by atoms with Gasteiger partial charge in [0.25, 0.3) is 0 Å². The lowest BCUT2D eigenvalue weighted by molar-refractivity contribution is -0.127. The summed E-state index contributed by atoms with van der Waals surface area (Å²) in [6.45, 7) is 0.798. The number of carbonyl (C=O) groups is 1. The Bertz CT molecular complexity index is 453. The summed E-state index contributed by atoms with van der Waals surface area (Å²) in [5, 5.41) is 5.68. The van der Waals surface area contributed by atoms with Crippen molar-refractivity contribution in [2.45, 2.75) is 31.5 Å². The van der Waals surface area contributed by atoms with Crippen LogP contribution in [-0.2, 0) is 11.2 Å². The Morgan fingerprint density at radius 2 is 2.21 bits per heavy atom. The molecule has 1 aliphatic rings. The molecule has 1 aliphatic heterocycles. The summed E-state index contributed by atoms with van der Waals surface area (Å²) in [6.07, 6.45) is -3.53. The molecule has 1 amide bonds. The number of nitrogens with one attached hydrogen (secondary N) is 2. The average molecular weight is 272 g/mol. The average Bonchev–Trinajstić information content (AvgIpc) is 2.80. The molecule has 1 saturated heterocycles. The Kier molecular flexibility index (Phi) is 4.09. The lowest BCUT2D eigenvalue weighted by Gasteiger charge is -2.12. The zero-order chi connectivity index (χ0) is 13.9. The highest BCUT2D eigenvalue weighted by Crippen LogP contribution is 2.23. The lowest BCUT2D eigenvalue weighted by atomic mass is 10.1. The summed E-state index contributed by atoms with van der Waals surface area (Å²) in [5.74, 6) is -0.193. The fraction of sp³-hybridized carbons (Fsp3) is 0.462. The van der Waals surface area contributed by atoms with E-state index in [1.54, 1.807) is 6.07 Å². The van der Waals surface area contributed by atoms with Crippen molar-refractivity contribution in [3.8, 4) is 0 Å². The zero-order valence-electron chi connectivity index (χ0n) is 10.3. The van der Waals surface area contributed by atoms with Crippen molar-refractivity contribution in [2.24, 2.45) is 0 Å². The maximum atomic E-state index is 12.3. The molecular formula is C13H15F3N2O. The minimum Gasteiger partial charge on any atom is -0.325 e. The van der Waals surface area contributed by atoms with Crippen LogP contribution in [0.4, 0.5) is 18.9 Å². The molecule has 1 aromatic carbocycles. The highest BCUT2D eigenvalue weighted by Gasteiger charge is 2.28. The number of benzene rings is 1. The number of hydrogen-bond donors (Lipinski definition) is 2. The molecule has 3 nitrogen and oxygen atoms in total. The fourth-order valence-electron chi connectivity index (χ4n) is 2.13. The van der Waals surface area contributed by atoms with Gasteiger partial charge in [-0.25, -0.2) is 0 Å². The number of halogens is 3. The third-order valence-corrected chi connectivity index (χ3v) is 2.98. The maximum absolute atomic E-state index is 12.3. The summed E-state index contributed by atoms with van der Waals surface area (Å²) in [5.41, 5.74) is 0.546. The van der Waals surface area contributed by atoms with Gasteiger partial charge in [-0.3, -0.25) is 4.79 Å². The first kappa shape index (κ1) is 13.9. The van der Waals surface area contributed by atoms with Gasteiger partial charge in [0.1, 0.15) is 0 Å². The molecule has 0 spiro atoms. The highest BCUT2D eigenvalue weighted by atomic mass is 19.4. The third kappa shape index (κ3) is 4.24. The fourth-order valence-corrected chi connectivity index (χ4v) is 2.13. The number of hydrogen-bond acceptors (Lipinski definition) is 2. The van der Waals surface area contributed by atoms with Gasteiger partial charge in [-0.2, -0.15) is 13.2 Å². The zero-order valence-corrected chi connectivity index (χ0v) is 10.3. The Hall–Kier alpha value is -1.56. The lowest BCUT2D eigenvalue weighted by Crippen LogP contribution is -2.35. The van der Waals surface area contributed by atoms with Gasteiger partial charge in [0.2, 0.25) is 5.91 Å². The van der Waals surface area contributed by atoms with Crippen molar-refractivity contribution in [1.29, 1.82) is 0 Å². The monoisotopic (exact) mass is 272 g/mol. The van der Waals surface area contributed by atoms with Crippen LogP contribution in [0.1, 0.15) is 18.4 Å². The number of amides is 1. The molecule has 0 radical (unpaired) electrons. The van der Waals surface area contributed by atoms with Crippen LogP contribution in [0.25, 0.3) is 0 Å². The van der Waals surface area contributed by atoms with E-state index in [1.165, 1.54) is 18.2 Å². The summed E-state index contributed by atoms with van der Waals surface area (Å²) >= 11 is 0. The Balaban J connectivity index is 2.00. The summed E-state index contributed by atoms with van der Waals surface area (Å²) < 4.78 is 36.9. The van der Waals surface area contributed by atoms with Crippen molar-refractivity contribution in [3.63, 3.8) is 0 Å². The van der Waals surface area contributed by atoms with Crippen LogP contribution < -0.4 is 10.6 Å². The topological polar surface area (TPSA) is 41.1 Å². The second-order valence-corrected chi connectivity index (χ2v) is 4.63. The molecule has 1 aromatic rings. The van der Waals surface area contributed by atoms with Gasteiger partial charge < -0.3 is 10.6 Å². The van der Waals surface area contributed by atoms with E-state index in [9.17, 15) is 18.0 Å². The third-order valence-electron chi connectivity index (χ3n) is 2.98. The quantitative estimate of drug-likeness (QED) is 0.887. The molecule has 1 fully saturated rings. The molecule has 0 bridgehead atoms. The van der Waals surface area contributed by atoms with Crippen LogP contribution in [-0.4, -0.2) is 24.7 Å². The standard InChI is InChI=1S/C13H15F3N2O/c14-13(15,16)8-9-3-1-4-10(7-9)18-12(19)11-5-2-6-17-11/h1,3-4,7,11,17H,2,5-6,8H2,(H,18,19)/t11-/m0/s1. The molecule has 1 atom stereocenters. The molecule has 2 rings (SSSR count). The van der Waals surface area contributed by atoms with Gasteiger partial charge in [-0.15, -0.1) is 0 Å². The summed E-state index contributed by atoms with van der Waals surface area (Å²) in [6, 6.07) is 5.62. The predicted octanol–water partition coefficient (Wildman–Crippen LogP) is 2.48.